The highest BCUT2D eigenvalue weighted by Gasteiger charge is 2.43. The summed E-state index contributed by atoms with van der Waals surface area (Å²) in [7, 11) is 0. The molecular weight excluding hydrogens is 488 g/mol. The van der Waals surface area contributed by atoms with Crippen LogP contribution in [0.25, 0.3) is 0 Å². The Hall–Kier alpha value is -3.49. The molecule has 1 heterocycles. The molecular formula is C30H38O8. The summed E-state index contributed by atoms with van der Waals surface area (Å²) in [5.74, 6) is -2.42. The lowest BCUT2D eigenvalue weighted by Crippen LogP contribution is -2.37. The van der Waals surface area contributed by atoms with E-state index in [9.17, 15) is 35.4 Å². The highest BCUT2D eigenvalue weighted by molar-refractivity contribution is 6.06. The van der Waals surface area contributed by atoms with Crippen molar-refractivity contribution >= 4 is 5.78 Å². The summed E-state index contributed by atoms with van der Waals surface area (Å²) in [5, 5.41) is 63.8. The van der Waals surface area contributed by atoms with Crippen molar-refractivity contribution in [2.24, 2.45) is 5.92 Å². The molecule has 2 aromatic rings. The Bertz CT molecular complexity index is 1260. The number of carbonyl (C=O) groups excluding carboxylic acids is 1. The number of aliphatic hydroxyl groups excluding tert-OH is 1. The summed E-state index contributed by atoms with van der Waals surface area (Å²) in [6.07, 6.45) is 0.0212. The van der Waals surface area contributed by atoms with E-state index in [1.165, 1.54) is 12.1 Å². The van der Waals surface area contributed by atoms with Crippen molar-refractivity contribution in [2.75, 3.05) is 0 Å². The maximum atomic E-state index is 13.5. The molecule has 0 bridgehead atoms. The summed E-state index contributed by atoms with van der Waals surface area (Å²) in [6, 6.07) is 3.69. The van der Waals surface area contributed by atoms with Crippen molar-refractivity contribution in [3.8, 4) is 28.7 Å². The number of benzene rings is 2. The first kappa shape index (κ1) is 29.1. The second-order valence-electron chi connectivity index (χ2n) is 11.0. The summed E-state index contributed by atoms with van der Waals surface area (Å²) in [4.78, 5) is 13.5. The van der Waals surface area contributed by atoms with Crippen LogP contribution in [-0.4, -0.2) is 48.1 Å². The topological polar surface area (TPSA) is 148 Å². The van der Waals surface area contributed by atoms with Crippen molar-refractivity contribution in [1.82, 2.24) is 0 Å². The molecule has 206 valence electrons. The van der Waals surface area contributed by atoms with Crippen LogP contribution in [0.15, 0.2) is 42.0 Å². The number of hydrogen-bond donors (Lipinski definition) is 6. The second kappa shape index (κ2) is 11.1. The van der Waals surface area contributed by atoms with E-state index < -0.39 is 29.3 Å². The van der Waals surface area contributed by atoms with Crippen LogP contribution in [-0.2, 0) is 12.8 Å². The number of phenolic OH excluding ortho intramolecular Hbond substituents is 4. The van der Waals surface area contributed by atoms with Crippen LogP contribution in [0.5, 0.6) is 28.7 Å². The Kier molecular flexibility index (Phi) is 8.48. The average molecular weight is 527 g/mol. The van der Waals surface area contributed by atoms with Gasteiger partial charge in [0, 0.05) is 22.8 Å². The minimum Gasteiger partial charge on any atom is -0.508 e. The SMILES string of the molecule is C=C(C)C(CC=C(C)C)Cc1c(O)c(CCC(C)(C)O)c(O)c2c1OC(c1ccc(O)cc1O)[C@@H](O)C2=O. The molecule has 8 nitrogen and oxygen atoms in total. The molecule has 1 aliphatic rings. The van der Waals surface area contributed by atoms with Gasteiger partial charge in [0.15, 0.2) is 12.2 Å². The van der Waals surface area contributed by atoms with Crippen LogP contribution in [0.3, 0.4) is 0 Å². The van der Waals surface area contributed by atoms with Crippen LogP contribution in [0.2, 0.25) is 0 Å². The fraction of sp³-hybridized carbons (Fsp3) is 0.433. The van der Waals surface area contributed by atoms with E-state index in [0.29, 0.717) is 6.42 Å². The van der Waals surface area contributed by atoms with E-state index in [1.807, 2.05) is 26.8 Å². The Morgan fingerprint density at radius 1 is 1.11 bits per heavy atom. The Balaban J connectivity index is 2.23. The number of aliphatic hydroxyl groups is 2. The van der Waals surface area contributed by atoms with Gasteiger partial charge in [0.05, 0.1) is 5.60 Å². The molecule has 1 aliphatic heterocycles. The minimum absolute atomic E-state index is 0.0614. The third-order valence-corrected chi connectivity index (χ3v) is 6.91. The molecule has 0 spiro atoms. The Morgan fingerprint density at radius 2 is 1.76 bits per heavy atom. The number of ether oxygens (including phenoxy) is 1. The number of fused-ring (bicyclic) bond motifs is 1. The summed E-state index contributed by atoms with van der Waals surface area (Å²) < 4.78 is 6.09. The minimum atomic E-state index is -1.77. The summed E-state index contributed by atoms with van der Waals surface area (Å²) in [5.41, 5.74) is 1.01. The van der Waals surface area contributed by atoms with Crippen molar-refractivity contribution in [1.29, 1.82) is 0 Å². The van der Waals surface area contributed by atoms with E-state index in [-0.39, 0.29) is 70.4 Å². The van der Waals surface area contributed by atoms with Gasteiger partial charge >= 0.3 is 0 Å². The quantitative estimate of drug-likeness (QED) is 0.251. The molecule has 0 aliphatic carbocycles. The van der Waals surface area contributed by atoms with Gasteiger partial charge in [0.1, 0.15) is 34.3 Å². The number of phenols is 4. The average Bonchev–Trinajstić information content (AvgIpc) is 2.79. The molecule has 0 amide bonds. The van der Waals surface area contributed by atoms with Crippen LogP contribution < -0.4 is 4.74 Å². The number of hydrogen-bond acceptors (Lipinski definition) is 8. The zero-order valence-corrected chi connectivity index (χ0v) is 22.6. The molecule has 8 heteroatoms. The largest absolute Gasteiger partial charge is 0.508 e. The van der Waals surface area contributed by atoms with Gasteiger partial charge in [-0.1, -0.05) is 23.8 Å². The molecule has 3 atom stereocenters. The van der Waals surface area contributed by atoms with Gasteiger partial charge in [-0.25, -0.2) is 0 Å². The molecule has 0 radical (unpaired) electrons. The third kappa shape index (κ3) is 6.14. The monoisotopic (exact) mass is 526 g/mol. The maximum absolute atomic E-state index is 13.5. The molecule has 3 rings (SSSR count). The standard InChI is InChI=1S/C30H38O8/c1-15(2)7-8-17(16(3)4)13-21-24(33)20(11-12-30(5,6)37)25(34)23-26(35)27(36)29(38-28(21)23)19-10-9-18(31)14-22(19)32/h7,9-10,14,17,27,29,31-34,36-37H,3,8,11-13H2,1-2,4-6H3/t17?,27-,29?/m0/s1. The lowest BCUT2D eigenvalue weighted by atomic mass is 9.83. The molecule has 2 aromatic carbocycles. The molecule has 0 saturated carbocycles. The lowest BCUT2D eigenvalue weighted by Gasteiger charge is -2.34. The summed E-state index contributed by atoms with van der Waals surface area (Å²) >= 11 is 0. The smallest absolute Gasteiger partial charge is 0.202 e. The molecule has 2 unspecified atom stereocenters. The highest BCUT2D eigenvalue weighted by Crippen LogP contribution is 2.50. The fourth-order valence-corrected chi connectivity index (χ4v) is 4.59. The number of carbonyl (C=O) groups is 1. The number of allylic oxidation sites excluding steroid dienone is 3. The van der Waals surface area contributed by atoms with Gasteiger partial charge in [-0.05, 0) is 78.4 Å². The van der Waals surface area contributed by atoms with E-state index in [4.69, 9.17) is 4.74 Å². The molecule has 38 heavy (non-hydrogen) atoms. The first-order valence-corrected chi connectivity index (χ1v) is 12.6. The molecule has 0 saturated heterocycles. The van der Waals surface area contributed by atoms with Crippen LogP contribution in [0, 0.1) is 5.92 Å². The number of rotatable bonds is 9. The first-order chi connectivity index (χ1) is 17.6. The van der Waals surface area contributed by atoms with Gasteiger partial charge in [0.25, 0.3) is 0 Å². The number of ketones is 1. The van der Waals surface area contributed by atoms with Gasteiger partial charge in [-0.2, -0.15) is 0 Å². The van der Waals surface area contributed by atoms with Gasteiger partial charge in [-0.15, -0.1) is 0 Å². The number of aromatic hydroxyl groups is 4. The Labute approximate surface area is 223 Å². The van der Waals surface area contributed by atoms with Crippen LogP contribution in [0.1, 0.15) is 80.6 Å². The normalized spacial score (nSPS) is 17.9. The Morgan fingerprint density at radius 3 is 2.32 bits per heavy atom. The van der Waals surface area contributed by atoms with E-state index in [2.05, 4.69) is 6.58 Å². The van der Waals surface area contributed by atoms with Crippen molar-refractivity contribution < 1.29 is 40.2 Å². The predicted molar refractivity (Wildman–Crippen MR) is 144 cm³/mol. The molecule has 0 fully saturated rings. The van der Waals surface area contributed by atoms with Crippen molar-refractivity contribution in [3.05, 3.63) is 64.3 Å². The molecule has 0 aromatic heterocycles. The van der Waals surface area contributed by atoms with Gasteiger partial charge in [-0.3, -0.25) is 4.79 Å². The van der Waals surface area contributed by atoms with Crippen LogP contribution >= 0.6 is 0 Å². The van der Waals surface area contributed by atoms with E-state index in [1.54, 1.807) is 13.8 Å². The highest BCUT2D eigenvalue weighted by atomic mass is 16.5. The maximum Gasteiger partial charge on any atom is 0.202 e. The third-order valence-electron chi connectivity index (χ3n) is 6.91. The number of Topliss-reactive ketones (excluding diaryl/α,β-unsaturated/α-hetero) is 1. The van der Waals surface area contributed by atoms with Crippen molar-refractivity contribution in [3.63, 3.8) is 0 Å². The summed E-state index contributed by atoms with van der Waals surface area (Å²) in [6.45, 7) is 13.1. The fourth-order valence-electron chi connectivity index (χ4n) is 4.59. The zero-order valence-electron chi connectivity index (χ0n) is 22.6. The zero-order chi connectivity index (χ0) is 28.5. The van der Waals surface area contributed by atoms with Gasteiger partial charge in [0.2, 0.25) is 5.78 Å². The van der Waals surface area contributed by atoms with Crippen LogP contribution in [0.4, 0.5) is 0 Å². The lowest BCUT2D eigenvalue weighted by molar-refractivity contribution is 0.0197. The first-order valence-electron chi connectivity index (χ1n) is 12.6. The van der Waals surface area contributed by atoms with E-state index in [0.717, 1.165) is 17.2 Å². The van der Waals surface area contributed by atoms with Crippen molar-refractivity contribution in [2.45, 2.75) is 78.1 Å². The van der Waals surface area contributed by atoms with Gasteiger partial charge < -0.3 is 35.4 Å². The predicted octanol–water partition coefficient (Wildman–Crippen LogP) is 4.98. The van der Waals surface area contributed by atoms with E-state index >= 15 is 0 Å². The molecule has 6 N–H and O–H groups in total. The second-order valence-corrected chi connectivity index (χ2v) is 11.0.